The molecule has 5 nitrogen and oxygen atoms in total. The molecule has 1 aromatic rings. The lowest BCUT2D eigenvalue weighted by atomic mass is 10.0. The van der Waals surface area contributed by atoms with E-state index in [4.69, 9.17) is 16.3 Å². The van der Waals surface area contributed by atoms with Gasteiger partial charge in [0, 0.05) is 11.4 Å². The first-order valence-electron chi connectivity index (χ1n) is 13.6. The standard InChI is InChI=1S/C29H46ClNO4S/c1-5-6-7-8-9-10-11-12-13-14-15-16-17-18-28(34)36-22-26(32)31(21-27(33)35-4)29-23(2)19-20-25(30)24(29)3/h19-20H,5-18,21-22H2,1-4H3. The number of ether oxygens (including phenoxy) is 1. The molecule has 0 unspecified atom stereocenters. The van der Waals surface area contributed by atoms with Gasteiger partial charge in [0.05, 0.1) is 18.6 Å². The third-order valence-electron chi connectivity index (χ3n) is 6.49. The summed E-state index contributed by atoms with van der Waals surface area (Å²) in [7, 11) is 1.29. The van der Waals surface area contributed by atoms with Crippen LogP contribution in [0.15, 0.2) is 12.1 Å². The van der Waals surface area contributed by atoms with Crippen molar-refractivity contribution in [1.29, 1.82) is 0 Å². The average Bonchev–Trinajstić information content (AvgIpc) is 2.86. The number of thioether (sulfide) groups is 1. The number of carbonyl (C=O) groups is 3. The van der Waals surface area contributed by atoms with E-state index in [1.165, 1.54) is 76.2 Å². The number of rotatable bonds is 19. The molecule has 0 atom stereocenters. The van der Waals surface area contributed by atoms with Gasteiger partial charge in [-0.2, -0.15) is 0 Å². The van der Waals surface area contributed by atoms with Crippen molar-refractivity contribution in [3.8, 4) is 0 Å². The highest BCUT2D eigenvalue weighted by atomic mass is 35.5. The van der Waals surface area contributed by atoms with Gasteiger partial charge in [-0.3, -0.25) is 19.3 Å². The Hall–Kier alpha value is -1.53. The predicted octanol–water partition coefficient (Wildman–Crippen LogP) is 8.20. The first-order valence-corrected chi connectivity index (χ1v) is 15.0. The van der Waals surface area contributed by atoms with Crippen LogP contribution in [0, 0.1) is 13.8 Å². The fourth-order valence-electron chi connectivity index (χ4n) is 4.29. The number of benzene rings is 1. The van der Waals surface area contributed by atoms with Gasteiger partial charge in [-0.05, 0) is 37.5 Å². The fourth-order valence-corrected chi connectivity index (χ4v) is 5.17. The Morgan fingerprint density at radius 1 is 0.861 bits per heavy atom. The van der Waals surface area contributed by atoms with Crippen LogP contribution in [-0.2, 0) is 19.1 Å². The summed E-state index contributed by atoms with van der Waals surface area (Å²) < 4.78 is 4.78. The summed E-state index contributed by atoms with van der Waals surface area (Å²) in [6.45, 7) is 5.72. The molecule has 0 heterocycles. The Bertz CT molecular complexity index is 815. The largest absolute Gasteiger partial charge is 0.468 e. The molecule has 0 aliphatic heterocycles. The SMILES string of the molecule is CCCCCCCCCCCCCCCC(=O)SCC(=O)N(CC(=O)OC)c1c(C)ccc(Cl)c1C. The van der Waals surface area contributed by atoms with Crippen molar-refractivity contribution in [2.75, 3.05) is 24.3 Å². The molecule has 0 aliphatic rings. The second kappa shape index (κ2) is 19.6. The maximum absolute atomic E-state index is 13.0. The topological polar surface area (TPSA) is 63.7 Å². The zero-order chi connectivity index (χ0) is 26.8. The highest BCUT2D eigenvalue weighted by molar-refractivity contribution is 8.14. The lowest BCUT2D eigenvalue weighted by Gasteiger charge is -2.25. The molecule has 0 aromatic heterocycles. The highest BCUT2D eigenvalue weighted by Crippen LogP contribution is 2.31. The molecule has 1 aromatic carbocycles. The number of aryl methyl sites for hydroxylation is 1. The average molecular weight is 540 g/mol. The molecule has 0 bridgehead atoms. The Balaban J connectivity index is 2.31. The van der Waals surface area contributed by atoms with E-state index in [2.05, 4.69) is 6.92 Å². The highest BCUT2D eigenvalue weighted by Gasteiger charge is 2.24. The van der Waals surface area contributed by atoms with E-state index in [1.807, 2.05) is 19.9 Å². The number of carbonyl (C=O) groups excluding carboxylic acids is 3. The zero-order valence-corrected chi connectivity index (χ0v) is 24.4. The number of methoxy groups -OCH3 is 1. The summed E-state index contributed by atoms with van der Waals surface area (Å²) in [5.74, 6) is -0.845. The van der Waals surface area contributed by atoms with Gasteiger partial charge in [0.2, 0.25) is 5.91 Å². The number of esters is 1. The van der Waals surface area contributed by atoms with Gasteiger partial charge >= 0.3 is 5.97 Å². The smallest absolute Gasteiger partial charge is 0.325 e. The van der Waals surface area contributed by atoms with Crippen LogP contribution in [0.2, 0.25) is 5.02 Å². The first-order chi connectivity index (χ1) is 17.3. The van der Waals surface area contributed by atoms with E-state index in [0.717, 1.165) is 42.2 Å². The molecule has 0 saturated heterocycles. The monoisotopic (exact) mass is 539 g/mol. The van der Waals surface area contributed by atoms with Crippen LogP contribution in [0.5, 0.6) is 0 Å². The third-order valence-corrected chi connectivity index (χ3v) is 7.82. The van der Waals surface area contributed by atoms with Crippen LogP contribution in [0.4, 0.5) is 5.69 Å². The summed E-state index contributed by atoms with van der Waals surface area (Å²) >= 11 is 7.29. The van der Waals surface area contributed by atoms with Crippen molar-refractivity contribution in [2.24, 2.45) is 0 Å². The van der Waals surface area contributed by atoms with Crippen molar-refractivity contribution < 1.29 is 19.1 Å². The third kappa shape index (κ3) is 13.1. The number of nitrogens with zero attached hydrogens (tertiary/aromatic N) is 1. The molecule has 0 radical (unpaired) electrons. The number of hydrogen-bond acceptors (Lipinski definition) is 5. The zero-order valence-electron chi connectivity index (χ0n) is 22.8. The summed E-state index contributed by atoms with van der Waals surface area (Å²) in [6.07, 6.45) is 16.9. The second-order valence-electron chi connectivity index (χ2n) is 9.55. The number of unbranched alkanes of at least 4 members (excludes halogenated alkanes) is 12. The van der Waals surface area contributed by atoms with E-state index in [-0.39, 0.29) is 23.3 Å². The lowest BCUT2D eigenvalue weighted by molar-refractivity contribution is -0.139. The van der Waals surface area contributed by atoms with E-state index in [0.29, 0.717) is 17.1 Å². The Labute approximate surface area is 228 Å². The van der Waals surface area contributed by atoms with Crippen molar-refractivity contribution in [1.82, 2.24) is 0 Å². The molecule has 0 saturated carbocycles. The van der Waals surface area contributed by atoms with Gasteiger partial charge in [-0.25, -0.2) is 0 Å². The van der Waals surface area contributed by atoms with Gasteiger partial charge < -0.3 is 4.74 Å². The van der Waals surface area contributed by atoms with Crippen LogP contribution >= 0.6 is 23.4 Å². The summed E-state index contributed by atoms with van der Waals surface area (Å²) in [4.78, 5) is 38.7. The van der Waals surface area contributed by atoms with Crippen LogP contribution in [0.3, 0.4) is 0 Å². The molecule has 1 amide bonds. The summed E-state index contributed by atoms with van der Waals surface area (Å²) in [5, 5.41) is 0.536. The van der Waals surface area contributed by atoms with Crippen molar-refractivity contribution in [3.05, 3.63) is 28.3 Å². The molecule has 1 rings (SSSR count). The molecule has 0 aliphatic carbocycles. The number of hydrogen-bond donors (Lipinski definition) is 0. The number of halogens is 1. The Kier molecular flexibility index (Phi) is 17.7. The van der Waals surface area contributed by atoms with Crippen molar-refractivity contribution in [2.45, 2.75) is 111 Å². The molecule has 36 heavy (non-hydrogen) atoms. The molecule has 0 spiro atoms. The van der Waals surface area contributed by atoms with Crippen molar-refractivity contribution >= 4 is 46.0 Å². The minimum atomic E-state index is -0.523. The quantitative estimate of drug-likeness (QED) is 0.131. The van der Waals surface area contributed by atoms with Crippen LogP contribution in [-0.4, -0.2) is 36.4 Å². The lowest BCUT2D eigenvalue weighted by Crippen LogP contribution is -2.38. The molecule has 0 fully saturated rings. The fraction of sp³-hybridized carbons (Fsp3) is 0.690. The molecule has 0 N–H and O–H groups in total. The summed E-state index contributed by atoms with van der Waals surface area (Å²) in [6, 6.07) is 3.58. The van der Waals surface area contributed by atoms with E-state index in [9.17, 15) is 14.4 Å². The maximum Gasteiger partial charge on any atom is 0.325 e. The minimum Gasteiger partial charge on any atom is -0.468 e. The Morgan fingerprint density at radius 2 is 1.39 bits per heavy atom. The summed E-state index contributed by atoms with van der Waals surface area (Å²) in [5.41, 5.74) is 2.15. The van der Waals surface area contributed by atoms with Gasteiger partial charge in [-0.1, -0.05) is 113 Å². The van der Waals surface area contributed by atoms with E-state index < -0.39 is 5.97 Å². The molecule has 204 valence electrons. The normalized spacial score (nSPS) is 10.9. The second-order valence-corrected chi connectivity index (χ2v) is 11.0. The predicted molar refractivity (Wildman–Crippen MR) is 153 cm³/mol. The Morgan fingerprint density at radius 3 is 1.92 bits per heavy atom. The van der Waals surface area contributed by atoms with Crippen LogP contribution in [0.25, 0.3) is 0 Å². The molecular weight excluding hydrogens is 494 g/mol. The van der Waals surface area contributed by atoms with E-state index in [1.54, 1.807) is 6.07 Å². The van der Waals surface area contributed by atoms with Crippen molar-refractivity contribution in [3.63, 3.8) is 0 Å². The van der Waals surface area contributed by atoms with Crippen LogP contribution < -0.4 is 4.90 Å². The molecular formula is C29H46ClNO4S. The van der Waals surface area contributed by atoms with E-state index >= 15 is 0 Å². The van der Waals surface area contributed by atoms with Gasteiger partial charge in [-0.15, -0.1) is 0 Å². The van der Waals surface area contributed by atoms with Gasteiger partial charge in [0.1, 0.15) is 6.54 Å². The number of anilines is 1. The van der Waals surface area contributed by atoms with Gasteiger partial charge in [0.25, 0.3) is 0 Å². The minimum absolute atomic E-state index is 0.0142. The first kappa shape index (κ1) is 32.5. The maximum atomic E-state index is 13.0. The molecule has 7 heteroatoms. The van der Waals surface area contributed by atoms with Gasteiger partial charge in [0.15, 0.2) is 5.12 Å². The number of amides is 1. The van der Waals surface area contributed by atoms with Crippen LogP contribution in [0.1, 0.15) is 108 Å².